The first-order valence-corrected chi connectivity index (χ1v) is 12.5. The molecule has 2 aromatic heterocycles. The largest absolute Gasteiger partial charge is 0.416 e. The molecule has 0 aliphatic carbocycles. The van der Waals surface area contributed by atoms with E-state index >= 15 is 0 Å². The van der Waals surface area contributed by atoms with Gasteiger partial charge in [0.2, 0.25) is 6.41 Å². The van der Waals surface area contributed by atoms with Crippen LogP contribution in [-0.4, -0.2) is 54.9 Å². The molecule has 1 fully saturated rings. The Morgan fingerprint density at radius 2 is 1.74 bits per heavy atom. The molecule has 9 heteroatoms. The minimum Gasteiger partial charge on any atom is -0.388 e. The molecule has 2 aromatic carbocycles. The number of amides is 1. The van der Waals surface area contributed by atoms with Gasteiger partial charge in [-0.05, 0) is 61.4 Å². The van der Waals surface area contributed by atoms with Gasteiger partial charge in [-0.25, -0.2) is 4.98 Å². The maximum absolute atomic E-state index is 12.8. The van der Waals surface area contributed by atoms with Crippen LogP contribution in [0.2, 0.25) is 0 Å². The Bertz CT molecular complexity index is 1350. The number of pyridine rings is 1. The maximum atomic E-state index is 12.8. The highest BCUT2D eigenvalue weighted by atomic mass is 19.4. The fourth-order valence-electron chi connectivity index (χ4n) is 4.62. The van der Waals surface area contributed by atoms with Crippen molar-refractivity contribution < 1.29 is 18.0 Å². The van der Waals surface area contributed by atoms with Gasteiger partial charge >= 0.3 is 6.18 Å². The molecule has 1 saturated heterocycles. The van der Waals surface area contributed by atoms with Crippen LogP contribution in [0, 0.1) is 0 Å². The third-order valence-electron chi connectivity index (χ3n) is 6.70. The van der Waals surface area contributed by atoms with E-state index in [0.717, 1.165) is 55.0 Å². The Labute approximate surface area is 220 Å². The van der Waals surface area contributed by atoms with Crippen LogP contribution in [0.1, 0.15) is 30.1 Å². The lowest BCUT2D eigenvalue weighted by Crippen LogP contribution is -2.33. The first kappa shape index (κ1) is 27.0. The number of carbonyl (C=O) groups excluding carboxylic acids is 1. The van der Waals surface area contributed by atoms with Gasteiger partial charge < -0.3 is 19.5 Å². The van der Waals surface area contributed by atoms with Crippen molar-refractivity contribution in [2.75, 3.05) is 44.4 Å². The topological polar surface area (TPSA) is 52.9 Å². The van der Waals surface area contributed by atoms with Crippen LogP contribution in [0.15, 0.2) is 72.9 Å². The first-order valence-electron chi connectivity index (χ1n) is 12.5. The number of nitrogens with one attached hydrogen (secondary N) is 1. The fourth-order valence-corrected chi connectivity index (χ4v) is 4.62. The van der Waals surface area contributed by atoms with Gasteiger partial charge in [-0.3, -0.25) is 4.79 Å². The highest BCUT2D eigenvalue weighted by Gasteiger charge is 2.30. The van der Waals surface area contributed by atoms with E-state index in [2.05, 4.69) is 34.5 Å². The molecule has 0 radical (unpaired) electrons. The number of anilines is 2. The molecule has 1 aliphatic rings. The fraction of sp³-hybridized carbons (Fsp3) is 0.310. The van der Waals surface area contributed by atoms with E-state index < -0.39 is 11.7 Å². The number of nitrogens with zero attached hydrogens (tertiary/aromatic N) is 4. The second-order valence-electron chi connectivity index (χ2n) is 9.48. The van der Waals surface area contributed by atoms with Crippen molar-refractivity contribution in [1.29, 1.82) is 0 Å². The number of benzene rings is 2. The summed E-state index contributed by atoms with van der Waals surface area (Å²) in [6.07, 6.45) is 0.232. The summed E-state index contributed by atoms with van der Waals surface area (Å²) in [7, 11) is 5.99. The normalized spacial score (nSPS) is 15.5. The minimum atomic E-state index is -4.36. The number of aromatic nitrogens is 2. The molecule has 3 heterocycles. The lowest BCUT2D eigenvalue weighted by molar-refractivity contribution is -0.137. The summed E-state index contributed by atoms with van der Waals surface area (Å²) in [5, 5.41) is 3.07. The highest BCUT2D eigenvalue weighted by molar-refractivity contribution is 5.78. The van der Waals surface area contributed by atoms with Crippen LogP contribution in [0.25, 0.3) is 16.8 Å². The van der Waals surface area contributed by atoms with E-state index in [9.17, 15) is 18.0 Å². The van der Waals surface area contributed by atoms with Gasteiger partial charge in [0.05, 0.1) is 16.8 Å². The molecule has 1 amide bonds. The monoisotopic (exact) mass is 523 g/mol. The number of imidazole rings is 1. The molecular weight excluding hydrogens is 491 g/mol. The number of hydrogen-bond donors (Lipinski definition) is 1. The number of alkyl halides is 3. The van der Waals surface area contributed by atoms with Crippen molar-refractivity contribution in [3.63, 3.8) is 0 Å². The summed E-state index contributed by atoms with van der Waals surface area (Å²) in [6.45, 7) is 1.35. The van der Waals surface area contributed by atoms with Crippen molar-refractivity contribution in [3.05, 3.63) is 84.3 Å². The Morgan fingerprint density at radius 1 is 1.03 bits per heavy atom. The molecule has 0 saturated carbocycles. The zero-order chi connectivity index (χ0) is 27.3. The van der Waals surface area contributed by atoms with E-state index in [1.54, 1.807) is 4.90 Å². The summed E-state index contributed by atoms with van der Waals surface area (Å²) < 4.78 is 40.5. The molecular formula is C29H32F3N5O. The molecule has 6 nitrogen and oxygen atoms in total. The summed E-state index contributed by atoms with van der Waals surface area (Å²) in [6, 6.07) is 19.1. The minimum absolute atomic E-state index is 0.0991. The predicted molar refractivity (Wildman–Crippen MR) is 146 cm³/mol. The van der Waals surface area contributed by atoms with Gasteiger partial charge in [0.25, 0.3) is 0 Å². The number of fused-ring (bicyclic) bond motifs is 1. The highest BCUT2D eigenvalue weighted by Crippen LogP contribution is 2.34. The van der Waals surface area contributed by atoms with Crippen LogP contribution >= 0.6 is 0 Å². The Kier molecular flexibility index (Phi) is 8.24. The number of rotatable bonds is 5. The zero-order valence-corrected chi connectivity index (χ0v) is 21.7. The van der Waals surface area contributed by atoms with E-state index in [0.29, 0.717) is 17.8 Å². The van der Waals surface area contributed by atoms with E-state index in [4.69, 9.17) is 4.98 Å². The van der Waals surface area contributed by atoms with Gasteiger partial charge in [0, 0.05) is 63.3 Å². The molecule has 1 atom stereocenters. The lowest BCUT2D eigenvalue weighted by atomic mass is 9.97. The van der Waals surface area contributed by atoms with Crippen LogP contribution in [-0.2, 0) is 11.0 Å². The van der Waals surface area contributed by atoms with Gasteiger partial charge in [-0.1, -0.05) is 18.2 Å². The molecule has 200 valence electrons. The number of piperidine rings is 1. The number of carbonyl (C=O) groups is 1. The van der Waals surface area contributed by atoms with Crippen molar-refractivity contribution >= 4 is 23.3 Å². The SMILES string of the molecule is CNc1ccc(N(C)C)cc1.O=CN1CCCC(c2nc(-c3ccc(C(F)(F)F)cc3)c3ccccn23)C1. The number of hydrogen-bond acceptors (Lipinski definition) is 4. The summed E-state index contributed by atoms with van der Waals surface area (Å²) >= 11 is 0. The van der Waals surface area contributed by atoms with Crippen LogP contribution in [0.4, 0.5) is 24.5 Å². The first-order chi connectivity index (χ1) is 18.2. The second-order valence-corrected chi connectivity index (χ2v) is 9.48. The third kappa shape index (κ3) is 6.10. The van der Waals surface area contributed by atoms with Crippen LogP contribution in [0.3, 0.4) is 0 Å². The lowest BCUT2D eigenvalue weighted by Gasteiger charge is -2.29. The van der Waals surface area contributed by atoms with E-state index in [1.165, 1.54) is 17.8 Å². The van der Waals surface area contributed by atoms with Gasteiger partial charge in [-0.15, -0.1) is 0 Å². The molecule has 1 N–H and O–H groups in total. The standard InChI is InChI=1S/C20H18F3N3O.C9H14N2/c21-20(22,23)16-8-6-14(7-9-16)18-17-5-1-2-11-26(17)19(24-18)15-4-3-10-25(12-15)13-27;1-10-8-4-6-9(7-5-8)11(2)3/h1-2,5-9,11,13,15H,3-4,10,12H2;4-7,10H,1-3H3. The van der Waals surface area contributed by atoms with Gasteiger partial charge in [0.1, 0.15) is 5.82 Å². The van der Waals surface area contributed by atoms with Crippen LogP contribution in [0.5, 0.6) is 0 Å². The quantitative estimate of drug-likeness (QED) is 0.319. The number of halogens is 3. The van der Waals surface area contributed by atoms with E-state index in [-0.39, 0.29) is 5.92 Å². The molecule has 1 unspecified atom stereocenters. The summed E-state index contributed by atoms with van der Waals surface area (Å²) in [5.41, 5.74) is 3.84. The molecule has 38 heavy (non-hydrogen) atoms. The Balaban J connectivity index is 0.000000257. The Morgan fingerprint density at radius 3 is 2.34 bits per heavy atom. The summed E-state index contributed by atoms with van der Waals surface area (Å²) in [4.78, 5) is 19.8. The molecule has 0 bridgehead atoms. The summed E-state index contributed by atoms with van der Waals surface area (Å²) in [5.74, 6) is 0.939. The second kappa shape index (κ2) is 11.6. The van der Waals surface area contributed by atoms with E-state index in [1.807, 2.05) is 49.9 Å². The number of likely N-dealkylation sites (tertiary alicyclic amines) is 1. The average molecular weight is 524 g/mol. The van der Waals surface area contributed by atoms with Gasteiger partial charge in [0.15, 0.2) is 0 Å². The molecule has 4 aromatic rings. The third-order valence-corrected chi connectivity index (χ3v) is 6.70. The zero-order valence-electron chi connectivity index (χ0n) is 21.7. The predicted octanol–water partition coefficient (Wildman–Crippen LogP) is 6.15. The van der Waals surface area contributed by atoms with Crippen molar-refractivity contribution in [1.82, 2.24) is 14.3 Å². The Hall–Kier alpha value is -4.01. The molecule has 5 rings (SSSR count). The maximum Gasteiger partial charge on any atom is 0.416 e. The van der Waals surface area contributed by atoms with Gasteiger partial charge in [-0.2, -0.15) is 13.2 Å². The molecule has 0 spiro atoms. The average Bonchev–Trinajstić information content (AvgIpc) is 3.33. The van der Waals surface area contributed by atoms with Crippen molar-refractivity contribution in [3.8, 4) is 11.3 Å². The van der Waals surface area contributed by atoms with Crippen molar-refractivity contribution in [2.45, 2.75) is 24.9 Å². The smallest absolute Gasteiger partial charge is 0.388 e. The molecule has 1 aliphatic heterocycles. The van der Waals surface area contributed by atoms with Crippen LogP contribution < -0.4 is 10.2 Å². The van der Waals surface area contributed by atoms with Crippen molar-refractivity contribution in [2.24, 2.45) is 0 Å².